The molecule has 0 radical (unpaired) electrons. The lowest BCUT2D eigenvalue weighted by atomic mass is 10.1. The molecule has 0 atom stereocenters. The molecule has 0 aliphatic rings. The zero-order chi connectivity index (χ0) is 19.8. The van der Waals surface area contributed by atoms with Crippen LogP contribution in [0.15, 0.2) is 47.1 Å². The molecule has 0 spiro atoms. The highest BCUT2D eigenvalue weighted by Gasteiger charge is 2.10. The third kappa shape index (κ3) is 5.64. The SMILES string of the molecule is Cc1ccc(-c2n[nH]c(=S)n2CCC(=O)NCCCOCc2ccco2)cc1. The standard InChI is InChI=1S/C20H24N4O3S/c1-15-5-7-16(8-6-15)19-22-23-20(28)24(19)11-9-18(25)21-10-3-12-26-14-17-4-2-13-27-17/h2,4-8,13H,3,9-12,14H2,1H3,(H,21,25)(H,23,28). The molecule has 0 bridgehead atoms. The van der Waals surface area contributed by atoms with Gasteiger partial charge in [-0.1, -0.05) is 29.8 Å². The van der Waals surface area contributed by atoms with Crippen LogP contribution in [0.5, 0.6) is 0 Å². The Kier molecular flexibility index (Phi) is 7.16. The molecule has 3 aromatic rings. The van der Waals surface area contributed by atoms with Gasteiger partial charge in [-0.2, -0.15) is 5.10 Å². The number of nitrogens with zero attached hydrogens (tertiary/aromatic N) is 2. The van der Waals surface area contributed by atoms with Crippen molar-refractivity contribution < 1.29 is 13.9 Å². The lowest BCUT2D eigenvalue weighted by Gasteiger charge is -2.08. The lowest BCUT2D eigenvalue weighted by Crippen LogP contribution is -2.26. The predicted molar refractivity (Wildman–Crippen MR) is 108 cm³/mol. The molecule has 8 heteroatoms. The highest BCUT2D eigenvalue weighted by molar-refractivity contribution is 7.71. The van der Waals surface area contributed by atoms with Crippen molar-refractivity contribution in [2.24, 2.45) is 0 Å². The van der Waals surface area contributed by atoms with Gasteiger partial charge in [-0.25, -0.2) is 0 Å². The second-order valence-corrected chi connectivity index (χ2v) is 6.84. The summed E-state index contributed by atoms with van der Waals surface area (Å²) in [6, 6.07) is 11.7. The highest BCUT2D eigenvalue weighted by atomic mass is 32.1. The van der Waals surface area contributed by atoms with Crippen molar-refractivity contribution in [2.75, 3.05) is 13.2 Å². The van der Waals surface area contributed by atoms with Gasteiger partial charge in [0.05, 0.1) is 6.26 Å². The Hall–Kier alpha value is -2.71. The second kappa shape index (κ2) is 10.0. The minimum atomic E-state index is -0.0241. The van der Waals surface area contributed by atoms with Gasteiger partial charge in [-0.05, 0) is 37.7 Å². The van der Waals surface area contributed by atoms with E-state index in [1.807, 2.05) is 47.9 Å². The molecule has 0 aliphatic heterocycles. The molecule has 2 heterocycles. The number of H-pyrrole nitrogens is 1. The number of aromatic nitrogens is 3. The fourth-order valence-corrected chi connectivity index (χ4v) is 2.94. The summed E-state index contributed by atoms with van der Waals surface area (Å²) in [6.45, 7) is 4.08. The van der Waals surface area contributed by atoms with Crippen LogP contribution in [0.25, 0.3) is 11.4 Å². The van der Waals surface area contributed by atoms with Gasteiger partial charge in [-0.3, -0.25) is 14.5 Å². The Bertz CT molecular complexity index is 929. The zero-order valence-electron chi connectivity index (χ0n) is 15.8. The Labute approximate surface area is 168 Å². The van der Waals surface area contributed by atoms with Gasteiger partial charge in [0.1, 0.15) is 12.4 Å². The quantitative estimate of drug-likeness (QED) is 0.401. The first-order valence-electron chi connectivity index (χ1n) is 9.22. The van der Waals surface area contributed by atoms with Crippen LogP contribution >= 0.6 is 12.2 Å². The molecule has 2 N–H and O–H groups in total. The van der Waals surface area contributed by atoms with Crippen LogP contribution in [0.2, 0.25) is 0 Å². The summed E-state index contributed by atoms with van der Waals surface area (Å²) in [7, 11) is 0. The van der Waals surface area contributed by atoms with Crippen LogP contribution in [0.4, 0.5) is 0 Å². The smallest absolute Gasteiger partial charge is 0.221 e. The fourth-order valence-electron chi connectivity index (χ4n) is 2.72. The van der Waals surface area contributed by atoms with Gasteiger partial charge in [-0.15, -0.1) is 0 Å². The van der Waals surface area contributed by atoms with Crippen molar-refractivity contribution in [1.29, 1.82) is 0 Å². The average molecular weight is 401 g/mol. The highest BCUT2D eigenvalue weighted by Crippen LogP contribution is 2.18. The fraction of sp³-hybridized carbons (Fsp3) is 0.350. The topological polar surface area (TPSA) is 85.1 Å². The number of hydrogen-bond donors (Lipinski definition) is 2. The number of nitrogens with one attached hydrogen (secondary N) is 2. The number of carbonyl (C=O) groups is 1. The van der Waals surface area contributed by atoms with Crippen molar-refractivity contribution in [1.82, 2.24) is 20.1 Å². The second-order valence-electron chi connectivity index (χ2n) is 6.46. The van der Waals surface area contributed by atoms with Crippen molar-refractivity contribution in [3.05, 3.63) is 58.8 Å². The number of hydrogen-bond acceptors (Lipinski definition) is 5. The monoisotopic (exact) mass is 400 g/mol. The maximum atomic E-state index is 12.1. The van der Waals surface area contributed by atoms with E-state index in [0.29, 0.717) is 37.5 Å². The van der Waals surface area contributed by atoms with Crippen LogP contribution in [-0.2, 0) is 22.7 Å². The number of aryl methyl sites for hydroxylation is 1. The van der Waals surface area contributed by atoms with Gasteiger partial charge >= 0.3 is 0 Å². The van der Waals surface area contributed by atoms with E-state index < -0.39 is 0 Å². The Morgan fingerprint density at radius 3 is 2.89 bits per heavy atom. The first kappa shape index (κ1) is 20.0. The Morgan fingerprint density at radius 1 is 1.32 bits per heavy atom. The number of benzene rings is 1. The van der Waals surface area contributed by atoms with E-state index in [-0.39, 0.29) is 5.91 Å². The Balaban J connectivity index is 1.40. The van der Waals surface area contributed by atoms with Crippen LogP contribution in [0.1, 0.15) is 24.2 Å². The largest absolute Gasteiger partial charge is 0.467 e. The van der Waals surface area contributed by atoms with Crippen LogP contribution in [-0.4, -0.2) is 33.8 Å². The van der Waals surface area contributed by atoms with E-state index >= 15 is 0 Å². The van der Waals surface area contributed by atoms with Crippen molar-refractivity contribution >= 4 is 18.1 Å². The van der Waals surface area contributed by atoms with Crippen LogP contribution in [0.3, 0.4) is 0 Å². The predicted octanol–water partition coefficient (Wildman–Crippen LogP) is 3.62. The van der Waals surface area contributed by atoms with E-state index in [0.717, 1.165) is 23.6 Å². The summed E-state index contributed by atoms with van der Waals surface area (Å²) in [6.07, 6.45) is 2.70. The van der Waals surface area contributed by atoms with Crippen molar-refractivity contribution in [3.8, 4) is 11.4 Å². The summed E-state index contributed by atoms with van der Waals surface area (Å²) in [5, 5.41) is 10.0. The zero-order valence-corrected chi connectivity index (χ0v) is 16.6. The molecule has 1 amide bonds. The first-order chi connectivity index (χ1) is 13.6. The molecule has 2 aromatic heterocycles. The molecule has 7 nitrogen and oxygen atoms in total. The van der Waals surface area contributed by atoms with Gasteiger partial charge < -0.3 is 14.5 Å². The van der Waals surface area contributed by atoms with Gasteiger partial charge in [0.15, 0.2) is 10.6 Å². The Morgan fingerprint density at radius 2 is 2.14 bits per heavy atom. The number of carbonyl (C=O) groups excluding carboxylic acids is 1. The first-order valence-corrected chi connectivity index (χ1v) is 9.63. The molecule has 3 rings (SSSR count). The third-order valence-electron chi connectivity index (χ3n) is 4.24. The maximum Gasteiger partial charge on any atom is 0.221 e. The van der Waals surface area contributed by atoms with E-state index in [1.165, 1.54) is 5.56 Å². The van der Waals surface area contributed by atoms with Gasteiger partial charge in [0, 0.05) is 31.7 Å². The van der Waals surface area contributed by atoms with E-state index in [2.05, 4.69) is 15.5 Å². The molecule has 0 fully saturated rings. The molecule has 0 unspecified atom stereocenters. The summed E-state index contributed by atoms with van der Waals surface area (Å²) in [5.74, 6) is 1.51. The maximum absolute atomic E-state index is 12.1. The number of ether oxygens (including phenoxy) is 1. The van der Waals surface area contributed by atoms with Crippen LogP contribution < -0.4 is 5.32 Å². The normalized spacial score (nSPS) is 10.9. The number of amides is 1. The van der Waals surface area contributed by atoms with E-state index in [9.17, 15) is 4.79 Å². The molecular weight excluding hydrogens is 376 g/mol. The molecular formula is C20H24N4O3S. The summed E-state index contributed by atoms with van der Waals surface area (Å²) >= 11 is 5.31. The number of furan rings is 1. The molecule has 0 saturated heterocycles. The van der Waals surface area contributed by atoms with Crippen LogP contribution in [0, 0.1) is 11.7 Å². The summed E-state index contributed by atoms with van der Waals surface area (Å²) in [5.41, 5.74) is 2.14. The van der Waals surface area contributed by atoms with E-state index in [1.54, 1.807) is 6.26 Å². The molecule has 148 valence electrons. The van der Waals surface area contributed by atoms with E-state index in [4.69, 9.17) is 21.4 Å². The van der Waals surface area contributed by atoms with Crippen molar-refractivity contribution in [2.45, 2.75) is 32.9 Å². The minimum Gasteiger partial charge on any atom is -0.467 e. The molecule has 28 heavy (non-hydrogen) atoms. The van der Waals surface area contributed by atoms with Crippen molar-refractivity contribution in [3.63, 3.8) is 0 Å². The molecule has 1 aromatic carbocycles. The average Bonchev–Trinajstić information content (AvgIpc) is 3.33. The summed E-state index contributed by atoms with van der Waals surface area (Å²) in [4.78, 5) is 12.1. The van der Waals surface area contributed by atoms with Gasteiger partial charge in [0.2, 0.25) is 5.91 Å². The molecule has 0 aliphatic carbocycles. The third-order valence-corrected chi connectivity index (χ3v) is 4.55. The minimum absolute atomic E-state index is 0.0241. The van der Waals surface area contributed by atoms with Gasteiger partial charge in [0.25, 0.3) is 0 Å². The number of aromatic amines is 1. The molecule has 0 saturated carbocycles. The lowest BCUT2D eigenvalue weighted by molar-refractivity contribution is -0.121. The number of rotatable bonds is 10. The summed E-state index contributed by atoms with van der Waals surface area (Å²) < 4.78 is 13.0.